The fourth-order valence-electron chi connectivity index (χ4n) is 11.8. The number of allylic oxidation sites excluding steroid dienone is 2. The maximum atomic E-state index is 13.7. The summed E-state index contributed by atoms with van der Waals surface area (Å²) < 4.78 is 10.9. The molecule has 0 rings (SSSR count). The van der Waals surface area contributed by atoms with Crippen LogP contribution in [0.4, 0.5) is 0 Å². The van der Waals surface area contributed by atoms with Crippen molar-refractivity contribution in [2.75, 3.05) is 90.2 Å². The summed E-state index contributed by atoms with van der Waals surface area (Å²) in [5, 5.41) is 28.7. The van der Waals surface area contributed by atoms with Crippen molar-refractivity contribution >= 4 is 45.3 Å². The zero-order chi connectivity index (χ0) is 67.3. The zero-order valence-corrected chi connectivity index (χ0v) is 62.6. The number of esters is 2. The molecule has 15 heteroatoms. The summed E-state index contributed by atoms with van der Waals surface area (Å²) >= 11 is 0. The Labute approximate surface area is 576 Å². The second kappa shape index (κ2) is 71.6. The molecule has 0 saturated carbocycles. The molecular formula is C77H149N5O8S2. The first kappa shape index (κ1) is 89.9. The summed E-state index contributed by atoms with van der Waals surface area (Å²) in [7, 11) is 3.66. The van der Waals surface area contributed by atoms with E-state index in [9.17, 15) is 29.4 Å². The van der Waals surface area contributed by atoms with Crippen molar-refractivity contribution in [2.24, 2.45) is 0 Å². The highest BCUT2D eigenvalue weighted by atomic mass is 33.1. The Kier molecular flexibility index (Phi) is 70.0. The van der Waals surface area contributed by atoms with Gasteiger partial charge in [0.25, 0.3) is 0 Å². The van der Waals surface area contributed by atoms with Crippen molar-refractivity contribution in [3.05, 3.63) is 24.3 Å². The molecule has 0 bridgehead atoms. The highest BCUT2D eigenvalue weighted by Gasteiger charge is 2.22. The smallest absolute Gasteiger partial charge is 0.306 e. The van der Waals surface area contributed by atoms with E-state index in [-0.39, 0.29) is 30.2 Å². The highest BCUT2D eigenvalue weighted by Crippen LogP contribution is 2.25. The van der Waals surface area contributed by atoms with Crippen LogP contribution in [0.3, 0.4) is 0 Å². The first-order valence-electron chi connectivity index (χ1n) is 39.0. The summed E-state index contributed by atoms with van der Waals surface area (Å²) in [6, 6.07) is -0.604. The number of ether oxygens (including phenoxy) is 2. The lowest BCUT2D eigenvalue weighted by molar-refractivity contribution is -0.143. The van der Waals surface area contributed by atoms with Crippen LogP contribution in [0.5, 0.6) is 0 Å². The maximum absolute atomic E-state index is 13.7. The van der Waals surface area contributed by atoms with E-state index in [2.05, 4.69) is 79.0 Å². The Balaban J connectivity index is 5.36. The average Bonchev–Trinajstić information content (AvgIpc) is 3.24. The van der Waals surface area contributed by atoms with E-state index in [1.807, 2.05) is 22.9 Å². The van der Waals surface area contributed by atoms with E-state index in [0.29, 0.717) is 65.1 Å². The number of hydrogen-bond acceptors (Lipinski definition) is 13. The predicted molar refractivity (Wildman–Crippen MR) is 398 cm³/mol. The first-order chi connectivity index (χ1) is 45.0. The maximum Gasteiger partial charge on any atom is 0.306 e. The van der Waals surface area contributed by atoms with Gasteiger partial charge < -0.3 is 40.1 Å². The predicted octanol–water partition coefficient (Wildman–Crippen LogP) is 18.9. The molecule has 0 aliphatic rings. The third kappa shape index (κ3) is 63.9. The van der Waals surface area contributed by atoms with Gasteiger partial charge in [-0.2, -0.15) is 0 Å². The number of rotatable bonds is 73. The fourth-order valence-corrected chi connectivity index (χ4v) is 14.0. The first-order valence-corrected chi connectivity index (χ1v) is 41.5. The summed E-state index contributed by atoms with van der Waals surface area (Å²) in [6.07, 6.45) is 56.8. The van der Waals surface area contributed by atoms with Gasteiger partial charge in [0.05, 0.1) is 12.2 Å². The van der Waals surface area contributed by atoms with E-state index in [1.165, 1.54) is 128 Å². The molecule has 0 spiro atoms. The fraction of sp³-hybridized carbons (Fsp3) is 0.896. The number of amides is 2. The van der Waals surface area contributed by atoms with Crippen LogP contribution < -0.4 is 10.6 Å². The van der Waals surface area contributed by atoms with Crippen LogP contribution in [0.15, 0.2) is 24.3 Å². The monoisotopic (exact) mass is 1340 g/mol. The van der Waals surface area contributed by atoms with Gasteiger partial charge >= 0.3 is 11.9 Å². The quantitative estimate of drug-likeness (QED) is 0.0197. The number of unbranched alkanes of at least 4 members (excludes halogenated alkanes) is 31. The lowest BCUT2D eigenvalue weighted by Crippen LogP contribution is -2.47. The molecule has 0 aliphatic heterocycles. The Morgan fingerprint density at radius 1 is 0.391 bits per heavy atom. The number of carbonyl (C=O) groups excluding carboxylic acids is 4. The van der Waals surface area contributed by atoms with Crippen molar-refractivity contribution in [1.29, 1.82) is 0 Å². The molecule has 0 saturated heterocycles. The molecule has 0 aromatic carbocycles. The van der Waals surface area contributed by atoms with Crippen molar-refractivity contribution in [3.8, 4) is 0 Å². The second-order valence-electron chi connectivity index (χ2n) is 26.5. The molecule has 0 aromatic rings. The van der Waals surface area contributed by atoms with Crippen molar-refractivity contribution in [2.45, 2.75) is 355 Å². The number of nitrogens with zero attached hydrogens (tertiary/aromatic N) is 3. The molecule has 92 heavy (non-hydrogen) atoms. The molecule has 4 N–H and O–H groups in total. The second-order valence-corrected chi connectivity index (χ2v) is 29.2. The van der Waals surface area contributed by atoms with Gasteiger partial charge in [-0.05, 0) is 142 Å². The molecule has 0 aromatic heterocycles. The van der Waals surface area contributed by atoms with E-state index in [0.717, 1.165) is 186 Å². The van der Waals surface area contributed by atoms with Crippen molar-refractivity contribution in [1.82, 2.24) is 25.3 Å². The molecule has 2 amide bonds. The van der Waals surface area contributed by atoms with Crippen LogP contribution in [-0.4, -0.2) is 157 Å². The minimum atomic E-state index is -0.604. The van der Waals surface area contributed by atoms with Gasteiger partial charge in [-0.1, -0.05) is 267 Å². The Morgan fingerprint density at radius 2 is 0.783 bits per heavy atom. The molecule has 3 unspecified atom stereocenters. The normalized spacial score (nSPS) is 12.9. The standard InChI is InChI=1S/C77H149N5O8S2/c1-7-13-17-21-25-27-33-41-53-71(83)69-82(70-72(84)54-42-34-28-26-22-18-14-8-2)63-51-55-74(85)79-73(77(88)78-59-52-64-80(11-5)12-6)58-68-92-91-67-50-47-62-81(60-45-37-31-35-43-56-75(86)89-65-48-39-29-23-19-15-9-3)61-46-38-32-36-44-57-76(87)90-66-49-40-30-24-20-16-10-4/h39-40,48-49,71-73,83-84H,7-38,41-47,50-70H2,1-6H3,(H,78,88)(H,79,85)/b48-39-,49-40-. The SMILES string of the molecule is CCCCCC/C=C\COC(=O)CCCCCCCN(CCCCCCCC(=O)OC/C=C\CCCCCC)CCCCSSCCC(NC(=O)CCCN(CC(O)CCCCCCCCCC)CC(O)CCCCCCCCCC)C(=O)NCCCN(CC)CC. The van der Waals surface area contributed by atoms with Gasteiger partial charge in [-0.3, -0.25) is 24.1 Å². The molecule has 0 fully saturated rings. The van der Waals surface area contributed by atoms with E-state index in [1.54, 1.807) is 10.8 Å². The van der Waals surface area contributed by atoms with E-state index in [4.69, 9.17) is 9.47 Å². The number of aliphatic hydroxyl groups excluding tert-OH is 2. The minimum Gasteiger partial charge on any atom is -0.461 e. The third-order valence-corrected chi connectivity index (χ3v) is 20.3. The lowest BCUT2D eigenvalue weighted by atomic mass is 10.0. The van der Waals surface area contributed by atoms with E-state index < -0.39 is 18.2 Å². The average molecular weight is 1340 g/mol. The molecular weight excluding hydrogens is 1190 g/mol. The Bertz CT molecular complexity index is 1600. The molecule has 0 heterocycles. The van der Waals surface area contributed by atoms with Gasteiger partial charge in [0, 0.05) is 50.4 Å². The number of aliphatic hydroxyl groups is 2. The van der Waals surface area contributed by atoms with Crippen molar-refractivity contribution in [3.63, 3.8) is 0 Å². The van der Waals surface area contributed by atoms with Gasteiger partial charge in [0.15, 0.2) is 0 Å². The van der Waals surface area contributed by atoms with Gasteiger partial charge in [-0.15, -0.1) is 0 Å². The summed E-state index contributed by atoms with van der Waals surface area (Å²) in [5.41, 5.74) is 0. The van der Waals surface area contributed by atoms with Crippen molar-refractivity contribution < 1.29 is 38.9 Å². The zero-order valence-electron chi connectivity index (χ0n) is 61.0. The van der Waals surface area contributed by atoms with Crippen LogP contribution in [0.1, 0.15) is 337 Å². The summed E-state index contributed by atoms with van der Waals surface area (Å²) in [6.45, 7) is 22.3. The van der Waals surface area contributed by atoms with Gasteiger partial charge in [0.1, 0.15) is 19.3 Å². The topological polar surface area (TPSA) is 161 Å². The van der Waals surface area contributed by atoms with Gasteiger partial charge in [0.2, 0.25) is 11.8 Å². The lowest BCUT2D eigenvalue weighted by Gasteiger charge is -2.27. The van der Waals surface area contributed by atoms with E-state index >= 15 is 0 Å². The van der Waals surface area contributed by atoms with Crippen LogP contribution in [0.2, 0.25) is 0 Å². The van der Waals surface area contributed by atoms with Crippen LogP contribution >= 0.6 is 21.6 Å². The number of hydrogen-bond donors (Lipinski definition) is 4. The highest BCUT2D eigenvalue weighted by molar-refractivity contribution is 8.76. The number of nitrogens with one attached hydrogen (secondary N) is 2. The third-order valence-electron chi connectivity index (χ3n) is 17.8. The molecule has 3 atom stereocenters. The molecule has 13 nitrogen and oxygen atoms in total. The molecule has 0 aliphatic carbocycles. The summed E-state index contributed by atoms with van der Waals surface area (Å²) in [5.74, 6) is 1.37. The van der Waals surface area contributed by atoms with Crippen LogP contribution in [0.25, 0.3) is 0 Å². The molecule has 542 valence electrons. The van der Waals surface area contributed by atoms with Gasteiger partial charge in [-0.25, -0.2) is 0 Å². The van der Waals surface area contributed by atoms with Crippen LogP contribution in [-0.2, 0) is 28.7 Å². The van der Waals surface area contributed by atoms with Crippen LogP contribution in [0, 0.1) is 0 Å². The minimum absolute atomic E-state index is 0.0913. The molecule has 0 radical (unpaired) electrons. The Morgan fingerprint density at radius 3 is 1.25 bits per heavy atom. The Hall–Kier alpha value is -2.14. The summed E-state index contributed by atoms with van der Waals surface area (Å²) in [4.78, 5) is 59.2. The number of carbonyl (C=O) groups is 4. The largest absolute Gasteiger partial charge is 0.461 e.